The number of hydrogen-bond acceptors (Lipinski definition) is 6. The maximum absolute atomic E-state index is 13.1. The molecule has 0 bridgehead atoms. The van der Waals surface area contributed by atoms with Crippen LogP contribution in [0.25, 0.3) is 5.65 Å². The van der Waals surface area contributed by atoms with E-state index in [0.717, 1.165) is 62.8 Å². The Morgan fingerprint density at radius 2 is 2.06 bits per heavy atom. The normalized spacial score (nSPS) is 19.6. The number of likely N-dealkylation sites (tertiary alicyclic amines) is 1. The minimum Gasteiger partial charge on any atom is -0.497 e. The van der Waals surface area contributed by atoms with E-state index in [2.05, 4.69) is 16.8 Å². The fourth-order valence-corrected chi connectivity index (χ4v) is 4.72. The van der Waals surface area contributed by atoms with E-state index in [1.54, 1.807) is 13.2 Å². The first-order valence-corrected chi connectivity index (χ1v) is 11.2. The van der Waals surface area contributed by atoms with E-state index in [0.29, 0.717) is 17.9 Å². The molecule has 0 saturated carbocycles. The van der Waals surface area contributed by atoms with Crippen LogP contribution in [0.4, 0.5) is 0 Å². The minimum absolute atomic E-state index is 0.0429. The van der Waals surface area contributed by atoms with Gasteiger partial charge >= 0.3 is 0 Å². The Labute approximate surface area is 187 Å². The lowest BCUT2D eigenvalue weighted by Crippen LogP contribution is -2.35. The Morgan fingerprint density at radius 3 is 2.88 bits per heavy atom. The molecule has 5 rings (SSSR count). The molecule has 2 fully saturated rings. The Hall–Kier alpha value is -2.97. The number of aryl methyl sites for hydroxylation is 1. The van der Waals surface area contributed by atoms with Gasteiger partial charge in [0.1, 0.15) is 5.75 Å². The number of methoxy groups -OCH3 is 1. The largest absolute Gasteiger partial charge is 0.497 e. The molecule has 2 aliphatic heterocycles. The monoisotopic (exact) mass is 435 g/mol. The van der Waals surface area contributed by atoms with Gasteiger partial charge in [0.15, 0.2) is 5.65 Å². The Morgan fingerprint density at radius 1 is 1.22 bits per heavy atom. The van der Waals surface area contributed by atoms with E-state index in [1.807, 2.05) is 39.9 Å². The number of fused-ring (bicyclic) bond motifs is 1. The fraction of sp³-hybridized carbons (Fsp3) is 0.458. The highest BCUT2D eigenvalue weighted by molar-refractivity contribution is 5.94. The molecule has 1 atom stereocenters. The average Bonchev–Trinajstić information content (AvgIpc) is 3.44. The number of amides is 1. The highest BCUT2D eigenvalue weighted by atomic mass is 16.5. The standard InChI is InChI=1S/C24H29N5O3/c1-17-21(16-27-10-12-32-13-11-27)23-25-8-6-22(29(23)26-17)19-7-9-28(15-19)24(30)18-4-3-5-20(14-18)31-2/h3-6,8,14,19H,7,9-13,15-16H2,1-2H3/t19-/m1/s1. The molecule has 1 aromatic carbocycles. The van der Waals surface area contributed by atoms with Gasteiger partial charge in [0, 0.05) is 56.0 Å². The quantitative estimate of drug-likeness (QED) is 0.613. The molecular weight excluding hydrogens is 406 g/mol. The molecule has 0 N–H and O–H groups in total. The molecule has 0 aliphatic carbocycles. The zero-order valence-corrected chi connectivity index (χ0v) is 18.7. The third kappa shape index (κ3) is 3.96. The van der Waals surface area contributed by atoms with Crippen LogP contribution in [0.2, 0.25) is 0 Å². The van der Waals surface area contributed by atoms with E-state index < -0.39 is 0 Å². The number of nitrogens with zero attached hydrogens (tertiary/aromatic N) is 5. The van der Waals surface area contributed by atoms with Crippen molar-refractivity contribution in [1.29, 1.82) is 0 Å². The minimum atomic E-state index is 0.0429. The highest BCUT2D eigenvalue weighted by Crippen LogP contribution is 2.30. The first-order valence-electron chi connectivity index (χ1n) is 11.2. The summed E-state index contributed by atoms with van der Waals surface area (Å²) < 4.78 is 12.8. The first-order chi connectivity index (χ1) is 15.6. The first kappa shape index (κ1) is 20.9. The van der Waals surface area contributed by atoms with E-state index in [4.69, 9.17) is 14.6 Å². The third-order valence-electron chi connectivity index (χ3n) is 6.54. The molecule has 0 radical (unpaired) electrons. The maximum atomic E-state index is 13.1. The Bertz CT molecular complexity index is 1120. The zero-order chi connectivity index (χ0) is 22.1. The van der Waals surface area contributed by atoms with Gasteiger partial charge in [-0.05, 0) is 37.6 Å². The SMILES string of the molecule is COc1cccc(C(=O)N2CC[C@@H](c3ccnc4c(CN5CCOCC5)c(C)nn34)C2)c1. The second-order valence-electron chi connectivity index (χ2n) is 8.53. The molecule has 0 unspecified atom stereocenters. The summed E-state index contributed by atoms with van der Waals surface area (Å²) in [4.78, 5) is 22.0. The van der Waals surface area contributed by atoms with Crippen LogP contribution < -0.4 is 4.74 Å². The molecule has 8 nitrogen and oxygen atoms in total. The van der Waals surface area contributed by atoms with Crippen LogP contribution in [-0.2, 0) is 11.3 Å². The van der Waals surface area contributed by atoms with Crippen molar-refractivity contribution >= 4 is 11.6 Å². The number of ether oxygens (including phenoxy) is 2. The van der Waals surface area contributed by atoms with Crippen LogP contribution in [0.5, 0.6) is 5.75 Å². The van der Waals surface area contributed by atoms with Crippen LogP contribution in [0, 0.1) is 6.92 Å². The molecule has 168 valence electrons. The lowest BCUT2D eigenvalue weighted by Gasteiger charge is -2.26. The molecule has 0 spiro atoms. The van der Waals surface area contributed by atoms with Crippen molar-refractivity contribution in [3.8, 4) is 5.75 Å². The van der Waals surface area contributed by atoms with Gasteiger partial charge in [-0.2, -0.15) is 5.10 Å². The second kappa shape index (κ2) is 8.88. The van der Waals surface area contributed by atoms with Crippen molar-refractivity contribution in [3.63, 3.8) is 0 Å². The summed E-state index contributed by atoms with van der Waals surface area (Å²) >= 11 is 0. The molecule has 32 heavy (non-hydrogen) atoms. The van der Waals surface area contributed by atoms with Gasteiger partial charge in [-0.25, -0.2) is 9.50 Å². The summed E-state index contributed by atoms with van der Waals surface area (Å²) in [7, 11) is 1.61. The molecule has 3 aromatic rings. The number of morpholine rings is 1. The summed E-state index contributed by atoms with van der Waals surface area (Å²) in [5, 5.41) is 4.85. The topological polar surface area (TPSA) is 72.2 Å². The van der Waals surface area contributed by atoms with Crippen molar-refractivity contribution in [2.75, 3.05) is 46.5 Å². The van der Waals surface area contributed by atoms with Gasteiger partial charge in [-0.3, -0.25) is 9.69 Å². The van der Waals surface area contributed by atoms with Gasteiger partial charge in [0.25, 0.3) is 5.91 Å². The van der Waals surface area contributed by atoms with Gasteiger partial charge < -0.3 is 14.4 Å². The summed E-state index contributed by atoms with van der Waals surface area (Å²) in [6.07, 6.45) is 2.79. The molecular formula is C24H29N5O3. The van der Waals surface area contributed by atoms with E-state index in [1.165, 1.54) is 5.56 Å². The smallest absolute Gasteiger partial charge is 0.254 e. The zero-order valence-electron chi connectivity index (χ0n) is 18.7. The lowest BCUT2D eigenvalue weighted by molar-refractivity contribution is 0.0342. The summed E-state index contributed by atoms with van der Waals surface area (Å²) in [6, 6.07) is 9.40. The molecule has 4 heterocycles. The van der Waals surface area contributed by atoms with E-state index in [-0.39, 0.29) is 11.8 Å². The number of rotatable bonds is 5. The number of aromatic nitrogens is 3. The van der Waals surface area contributed by atoms with Crippen LogP contribution in [0.1, 0.15) is 39.6 Å². The van der Waals surface area contributed by atoms with Crippen molar-refractivity contribution in [1.82, 2.24) is 24.4 Å². The van der Waals surface area contributed by atoms with Crippen molar-refractivity contribution in [2.24, 2.45) is 0 Å². The second-order valence-corrected chi connectivity index (χ2v) is 8.53. The van der Waals surface area contributed by atoms with Crippen LogP contribution >= 0.6 is 0 Å². The van der Waals surface area contributed by atoms with Gasteiger partial charge in [0.05, 0.1) is 31.7 Å². The van der Waals surface area contributed by atoms with Crippen molar-refractivity contribution < 1.29 is 14.3 Å². The predicted molar refractivity (Wildman–Crippen MR) is 120 cm³/mol. The molecule has 2 aromatic heterocycles. The molecule has 1 amide bonds. The Balaban J connectivity index is 1.37. The number of carbonyl (C=O) groups is 1. The van der Waals surface area contributed by atoms with Gasteiger partial charge in [-0.15, -0.1) is 0 Å². The molecule has 2 saturated heterocycles. The number of benzene rings is 1. The number of hydrogen-bond donors (Lipinski definition) is 0. The Kier molecular flexibility index (Phi) is 5.80. The molecule has 8 heteroatoms. The third-order valence-corrected chi connectivity index (χ3v) is 6.54. The van der Waals surface area contributed by atoms with Gasteiger partial charge in [0.2, 0.25) is 0 Å². The van der Waals surface area contributed by atoms with Crippen LogP contribution in [-0.4, -0.2) is 76.8 Å². The lowest BCUT2D eigenvalue weighted by atomic mass is 10.0. The van der Waals surface area contributed by atoms with Crippen molar-refractivity contribution in [2.45, 2.75) is 25.8 Å². The predicted octanol–water partition coefficient (Wildman–Crippen LogP) is 2.51. The van der Waals surface area contributed by atoms with Crippen LogP contribution in [0.3, 0.4) is 0 Å². The fourth-order valence-electron chi connectivity index (χ4n) is 4.72. The van der Waals surface area contributed by atoms with E-state index >= 15 is 0 Å². The summed E-state index contributed by atoms with van der Waals surface area (Å²) in [5.41, 5.74) is 4.89. The summed E-state index contributed by atoms with van der Waals surface area (Å²) in [5.74, 6) is 0.967. The summed E-state index contributed by atoms with van der Waals surface area (Å²) in [6.45, 7) is 7.70. The molecule has 2 aliphatic rings. The van der Waals surface area contributed by atoms with E-state index in [9.17, 15) is 4.79 Å². The van der Waals surface area contributed by atoms with Gasteiger partial charge in [-0.1, -0.05) is 6.07 Å². The number of carbonyl (C=O) groups excluding carboxylic acids is 1. The average molecular weight is 436 g/mol. The van der Waals surface area contributed by atoms with Crippen molar-refractivity contribution in [3.05, 3.63) is 59.0 Å². The van der Waals surface area contributed by atoms with Crippen LogP contribution in [0.15, 0.2) is 36.5 Å². The maximum Gasteiger partial charge on any atom is 0.254 e. The highest BCUT2D eigenvalue weighted by Gasteiger charge is 2.30.